The van der Waals surface area contributed by atoms with Crippen LogP contribution < -0.4 is 0 Å². The van der Waals surface area contributed by atoms with Crippen molar-refractivity contribution < 1.29 is 24.9 Å². The predicted octanol–water partition coefficient (Wildman–Crippen LogP) is -0.677. The molecule has 0 spiro atoms. The van der Waals surface area contributed by atoms with Gasteiger partial charge in [0.2, 0.25) is 5.91 Å². The molecule has 0 radical (unpaired) electrons. The first-order chi connectivity index (χ1) is 9.10. The molecule has 0 saturated heterocycles. The summed E-state index contributed by atoms with van der Waals surface area (Å²) in [6.07, 6.45) is 4.51. The molecule has 2 aliphatic carbocycles. The Bertz CT molecular complexity index is 388. The van der Waals surface area contributed by atoms with E-state index in [2.05, 4.69) is 0 Å². The van der Waals surface area contributed by atoms with Crippen molar-refractivity contribution in [3.05, 3.63) is 12.2 Å². The van der Waals surface area contributed by atoms with Crippen LogP contribution in [-0.2, 0) is 9.59 Å². The summed E-state index contributed by atoms with van der Waals surface area (Å²) in [5.74, 6) is -2.55. The molecule has 0 aromatic rings. The lowest BCUT2D eigenvalue weighted by Gasteiger charge is -2.30. The molecule has 0 aromatic carbocycles. The topological polar surface area (TPSA) is 98.1 Å². The van der Waals surface area contributed by atoms with Crippen LogP contribution in [0.2, 0.25) is 0 Å². The predicted molar refractivity (Wildman–Crippen MR) is 66.1 cm³/mol. The number of hydrogen-bond acceptors (Lipinski definition) is 4. The molecule has 4 unspecified atom stereocenters. The molecule has 0 aromatic heterocycles. The smallest absolute Gasteiger partial charge is 0.307 e. The fraction of sp³-hybridized carbons (Fsp3) is 0.692. The summed E-state index contributed by atoms with van der Waals surface area (Å²) < 4.78 is 0. The van der Waals surface area contributed by atoms with Crippen LogP contribution in [0.4, 0.5) is 0 Å². The Hall–Kier alpha value is -1.40. The maximum absolute atomic E-state index is 12.4. The second-order valence-electron chi connectivity index (χ2n) is 5.11. The van der Waals surface area contributed by atoms with E-state index in [4.69, 9.17) is 10.2 Å². The van der Waals surface area contributed by atoms with Gasteiger partial charge in [-0.15, -0.1) is 0 Å². The monoisotopic (exact) mass is 269 g/mol. The summed E-state index contributed by atoms with van der Waals surface area (Å²) >= 11 is 0. The van der Waals surface area contributed by atoms with Crippen molar-refractivity contribution in [3.8, 4) is 0 Å². The van der Waals surface area contributed by atoms with Crippen molar-refractivity contribution in [1.82, 2.24) is 4.90 Å². The lowest BCUT2D eigenvalue weighted by Crippen LogP contribution is -2.45. The average Bonchev–Trinajstić information content (AvgIpc) is 2.97. The molecule has 106 valence electrons. The van der Waals surface area contributed by atoms with Crippen molar-refractivity contribution in [3.63, 3.8) is 0 Å². The molecular weight excluding hydrogens is 250 g/mol. The van der Waals surface area contributed by atoms with Crippen LogP contribution in [-0.4, -0.2) is 58.4 Å². The zero-order chi connectivity index (χ0) is 14.0. The Morgan fingerprint density at radius 1 is 1.05 bits per heavy atom. The Kier molecular flexibility index (Phi) is 4.21. The number of hydrogen-bond donors (Lipinski definition) is 3. The van der Waals surface area contributed by atoms with E-state index in [1.54, 1.807) is 0 Å². The molecule has 6 nitrogen and oxygen atoms in total. The Morgan fingerprint density at radius 2 is 1.58 bits per heavy atom. The Morgan fingerprint density at radius 3 is 2.05 bits per heavy atom. The van der Waals surface area contributed by atoms with Gasteiger partial charge in [0.05, 0.1) is 25.0 Å². The molecule has 1 fully saturated rings. The molecule has 2 rings (SSSR count). The van der Waals surface area contributed by atoms with E-state index in [0.717, 1.165) is 0 Å². The van der Waals surface area contributed by atoms with Crippen LogP contribution >= 0.6 is 0 Å². The van der Waals surface area contributed by atoms with E-state index < -0.39 is 17.8 Å². The molecule has 1 amide bonds. The van der Waals surface area contributed by atoms with E-state index in [0.29, 0.717) is 6.42 Å². The van der Waals surface area contributed by atoms with Crippen LogP contribution in [0.15, 0.2) is 12.2 Å². The van der Waals surface area contributed by atoms with Crippen LogP contribution in [0.3, 0.4) is 0 Å². The molecule has 0 aliphatic heterocycles. The number of aliphatic hydroxyl groups excluding tert-OH is 2. The fourth-order valence-corrected chi connectivity index (χ4v) is 3.28. The summed E-state index contributed by atoms with van der Waals surface area (Å²) in [6.45, 7) is -0.132. The number of aliphatic carboxylic acids is 1. The van der Waals surface area contributed by atoms with Gasteiger partial charge in [-0.05, 0) is 18.3 Å². The van der Waals surface area contributed by atoms with Crippen LogP contribution in [0.1, 0.15) is 6.42 Å². The number of carbonyl (C=O) groups excluding carboxylic acids is 1. The highest BCUT2D eigenvalue weighted by atomic mass is 16.4. The maximum Gasteiger partial charge on any atom is 0.307 e. The molecular formula is C13H19NO5. The number of rotatable bonds is 6. The number of aliphatic hydroxyl groups is 2. The fourth-order valence-electron chi connectivity index (χ4n) is 3.28. The van der Waals surface area contributed by atoms with Crippen LogP contribution in [0, 0.1) is 23.7 Å². The van der Waals surface area contributed by atoms with Crippen LogP contribution in [0.5, 0.6) is 0 Å². The molecule has 0 heterocycles. The third-order valence-electron chi connectivity index (χ3n) is 4.08. The van der Waals surface area contributed by atoms with Gasteiger partial charge in [-0.25, -0.2) is 0 Å². The highest BCUT2D eigenvalue weighted by Gasteiger charge is 2.52. The van der Waals surface area contributed by atoms with E-state index in [-0.39, 0.29) is 44.0 Å². The lowest BCUT2D eigenvalue weighted by atomic mass is 9.82. The number of carboxylic acid groups (broad SMARTS) is 1. The molecule has 4 atom stereocenters. The van der Waals surface area contributed by atoms with Gasteiger partial charge in [0, 0.05) is 13.1 Å². The van der Waals surface area contributed by atoms with Gasteiger partial charge < -0.3 is 20.2 Å². The first-order valence-electron chi connectivity index (χ1n) is 6.51. The summed E-state index contributed by atoms with van der Waals surface area (Å²) in [6, 6.07) is 0. The number of carboxylic acids is 1. The summed E-state index contributed by atoms with van der Waals surface area (Å²) in [5.41, 5.74) is 0. The van der Waals surface area contributed by atoms with Gasteiger partial charge in [0.15, 0.2) is 0 Å². The Labute approximate surface area is 111 Å². The van der Waals surface area contributed by atoms with Crippen molar-refractivity contribution >= 4 is 11.9 Å². The van der Waals surface area contributed by atoms with Crippen molar-refractivity contribution in [2.24, 2.45) is 23.7 Å². The summed E-state index contributed by atoms with van der Waals surface area (Å²) in [4.78, 5) is 25.1. The van der Waals surface area contributed by atoms with E-state index in [9.17, 15) is 14.7 Å². The quantitative estimate of drug-likeness (QED) is 0.555. The van der Waals surface area contributed by atoms with Gasteiger partial charge in [0.1, 0.15) is 0 Å². The van der Waals surface area contributed by atoms with Gasteiger partial charge >= 0.3 is 5.97 Å². The minimum absolute atomic E-state index is 0.0292. The van der Waals surface area contributed by atoms with Gasteiger partial charge in [-0.1, -0.05) is 12.2 Å². The lowest BCUT2D eigenvalue weighted by molar-refractivity contribution is -0.151. The standard InChI is InChI=1S/C13H19NO5/c15-5-3-14(4-6-16)12(17)10-8-1-2-9(7-8)11(10)13(18)19/h1-2,8-11,15-16H,3-7H2,(H,18,19). The van der Waals surface area contributed by atoms with Gasteiger partial charge in [-0.3, -0.25) is 9.59 Å². The van der Waals surface area contributed by atoms with E-state index >= 15 is 0 Å². The van der Waals surface area contributed by atoms with Crippen molar-refractivity contribution in [2.75, 3.05) is 26.3 Å². The number of carbonyl (C=O) groups is 2. The first kappa shape index (κ1) is 14.0. The normalized spacial score (nSPS) is 31.7. The number of nitrogens with zero attached hydrogens (tertiary/aromatic N) is 1. The second-order valence-corrected chi connectivity index (χ2v) is 5.11. The third-order valence-corrected chi connectivity index (χ3v) is 4.08. The molecule has 2 aliphatic rings. The maximum atomic E-state index is 12.4. The zero-order valence-corrected chi connectivity index (χ0v) is 10.6. The van der Waals surface area contributed by atoms with E-state index in [1.165, 1.54) is 4.90 Å². The van der Waals surface area contributed by atoms with Gasteiger partial charge in [0.25, 0.3) is 0 Å². The summed E-state index contributed by atoms with van der Waals surface area (Å²) in [7, 11) is 0. The van der Waals surface area contributed by atoms with Crippen molar-refractivity contribution in [1.29, 1.82) is 0 Å². The molecule has 1 saturated carbocycles. The number of fused-ring (bicyclic) bond motifs is 2. The zero-order valence-electron chi connectivity index (χ0n) is 10.6. The Balaban J connectivity index is 2.16. The van der Waals surface area contributed by atoms with E-state index in [1.807, 2.05) is 12.2 Å². The number of allylic oxidation sites excluding steroid dienone is 2. The van der Waals surface area contributed by atoms with Gasteiger partial charge in [-0.2, -0.15) is 0 Å². The SMILES string of the molecule is O=C(O)C1C2C=CC(C2)C1C(=O)N(CCO)CCO. The molecule has 2 bridgehead atoms. The molecule has 6 heteroatoms. The minimum atomic E-state index is -0.942. The summed E-state index contributed by atoms with van der Waals surface area (Å²) in [5, 5.41) is 27.2. The second kappa shape index (κ2) is 5.71. The largest absolute Gasteiger partial charge is 0.481 e. The molecule has 19 heavy (non-hydrogen) atoms. The third kappa shape index (κ3) is 2.50. The van der Waals surface area contributed by atoms with Crippen molar-refractivity contribution in [2.45, 2.75) is 6.42 Å². The minimum Gasteiger partial charge on any atom is -0.481 e. The van der Waals surface area contributed by atoms with Crippen LogP contribution in [0.25, 0.3) is 0 Å². The highest BCUT2D eigenvalue weighted by molar-refractivity contribution is 5.87. The number of amides is 1. The average molecular weight is 269 g/mol. The highest BCUT2D eigenvalue weighted by Crippen LogP contribution is 2.48. The molecule has 3 N–H and O–H groups in total. The first-order valence-corrected chi connectivity index (χ1v) is 6.51.